The number of ether oxygens (including phenoxy) is 1. The second-order valence-corrected chi connectivity index (χ2v) is 6.18. The predicted octanol–water partition coefficient (Wildman–Crippen LogP) is 2.38. The van der Waals surface area contributed by atoms with Crippen molar-refractivity contribution in [3.63, 3.8) is 0 Å². The number of benzene rings is 1. The summed E-state index contributed by atoms with van der Waals surface area (Å²) in [4.78, 5) is 30.8. The number of amides is 1. The zero-order valence-corrected chi connectivity index (χ0v) is 13.1. The quantitative estimate of drug-likeness (QED) is 0.782. The standard InChI is InChI=1S/C13H20NO6P/c1-10(2)9-19-13(15)14(3)8-11-6-4-5-7-12(11)20-21(16,17)18/h4-7,10H,8-9H2,1-3H3,(H2,16,17,18). The van der Waals surface area contributed by atoms with E-state index in [2.05, 4.69) is 4.52 Å². The summed E-state index contributed by atoms with van der Waals surface area (Å²) in [7, 11) is -3.10. The lowest BCUT2D eigenvalue weighted by Gasteiger charge is -2.19. The molecule has 0 fully saturated rings. The lowest BCUT2D eigenvalue weighted by molar-refractivity contribution is 0.0979. The second kappa shape index (κ2) is 7.45. The van der Waals surface area contributed by atoms with Gasteiger partial charge in [-0.1, -0.05) is 32.0 Å². The largest absolute Gasteiger partial charge is 0.524 e. The molecule has 1 amide bonds. The number of hydrogen-bond donors (Lipinski definition) is 2. The molecule has 0 aromatic heterocycles. The summed E-state index contributed by atoms with van der Waals surface area (Å²) in [5.41, 5.74) is 0.477. The van der Waals surface area contributed by atoms with Crippen LogP contribution in [0.15, 0.2) is 24.3 Å². The fourth-order valence-electron chi connectivity index (χ4n) is 1.52. The first kappa shape index (κ1) is 17.5. The van der Waals surface area contributed by atoms with Crippen molar-refractivity contribution < 1.29 is 28.4 Å². The van der Waals surface area contributed by atoms with E-state index in [0.717, 1.165) is 0 Å². The highest BCUT2D eigenvalue weighted by atomic mass is 31.2. The van der Waals surface area contributed by atoms with Crippen molar-refractivity contribution in [2.24, 2.45) is 5.92 Å². The maximum Gasteiger partial charge on any atom is 0.524 e. The Morgan fingerprint density at radius 2 is 1.95 bits per heavy atom. The fraction of sp³-hybridized carbons (Fsp3) is 0.462. The first-order chi connectivity index (χ1) is 9.69. The molecule has 8 heteroatoms. The number of nitrogens with zero attached hydrogens (tertiary/aromatic N) is 1. The Balaban J connectivity index is 2.74. The maximum atomic E-state index is 11.8. The molecular weight excluding hydrogens is 297 g/mol. The zero-order valence-electron chi connectivity index (χ0n) is 12.2. The minimum Gasteiger partial charge on any atom is -0.449 e. The number of carbonyl (C=O) groups is 1. The third-order valence-electron chi connectivity index (χ3n) is 2.45. The van der Waals surface area contributed by atoms with Crippen LogP contribution in [0.5, 0.6) is 5.75 Å². The topological polar surface area (TPSA) is 96.3 Å². The van der Waals surface area contributed by atoms with Crippen molar-refractivity contribution >= 4 is 13.9 Å². The molecule has 0 saturated heterocycles. The van der Waals surface area contributed by atoms with Crippen LogP contribution < -0.4 is 4.52 Å². The van der Waals surface area contributed by atoms with Crippen molar-refractivity contribution in [2.75, 3.05) is 13.7 Å². The normalized spacial score (nSPS) is 11.3. The van der Waals surface area contributed by atoms with E-state index in [-0.39, 0.29) is 18.2 Å². The molecule has 1 aromatic carbocycles. The van der Waals surface area contributed by atoms with Gasteiger partial charge in [0.05, 0.1) is 13.2 Å². The molecule has 0 radical (unpaired) electrons. The van der Waals surface area contributed by atoms with Crippen molar-refractivity contribution in [3.8, 4) is 5.75 Å². The Bertz CT molecular complexity index is 527. The summed E-state index contributed by atoms with van der Waals surface area (Å²) in [6.07, 6.45) is -0.505. The van der Waals surface area contributed by atoms with E-state index in [1.54, 1.807) is 18.2 Å². The van der Waals surface area contributed by atoms with Crippen LogP contribution in [-0.2, 0) is 15.8 Å². The van der Waals surface area contributed by atoms with E-state index in [9.17, 15) is 9.36 Å². The molecule has 118 valence electrons. The summed E-state index contributed by atoms with van der Waals surface area (Å²) >= 11 is 0. The molecule has 0 aliphatic rings. The third-order valence-corrected chi connectivity index (χ3v) is 2.88. The molecule has 2 N–H and O–H groups in total. The van der Waals surface area contributed by atoms with Crippen molar-refractivity contribution in [1.29, 1.82) is 0 Å². The Labute approximate surface area is 123 Å². The highest BCUT2D eigenvalue weighted by molar-refractivity contribution is 7.46. The van der Waals surface area contributed by atoms with Crippen molar-refractivity contribution in [1.82, 2.24) is 4.90 Å². The Hall–Kier alpha value is -1.56. The Morgan fingerprint density at radius 3 is 2.52 bits per heavy atom. The van der Waals surface area contributed by atoms with Gasteiger partial charge < -0.3 is 14.2 Å². The average Bonchev–Trinajstić information content (AvgIpc) is 2.36. The molecule has 0 bridgehead atoms. The van der Waals surface area contributed by atoms with E-state index in [4.69, 9.17) is 14.5 Å². The van der Waals surface area contributed by atoms with Crippen LogP contribution in [0.4, 0.5) is 4.79 Å². The summed E-state index contributed by atoms with van der Waals surface area (Å²) < 4.78 is 20.6. The zero-order chi connectivity index (χ0) is 16.0. The first-order valence-corrected chi connectivity index (χ1v) is 7.93. The van der Waals surface area contributed by atoms with Crippen LogP contribution in [0.25, 0.3) is 0 Å². The molecule has 1 aromatic rings. The molecular formula is C13H20NO6P. The lowest BCUT2D eigenvalue weighted by atomic mass is 10.2. The highest BCUT2D eigenvalue weighted by Crippen LogP contribution is 2.39. The van der Waals surface area contributed by atoms with E-state index in [1.165, 1.54) is 18.0 Å². The van der Waals surface area contributed by atoms with Crippen molar-refractivity contribution in [2.45, 2.75) is 20.4 Å². The van der Waals surface area contributed by atoms with Crippen LogP contribution >= 0.6 is 7.82 Å². The van der Waals surface area contributed by atoms with Crippen molar-refractivity contribution in [3.05, 3.63) is 29.8 Å². The molecule has 0 spiro atoms. The van der Waals surface area contributed by atoms with Crippen LogP contribution in [0.2, 0.25) is 0 Å². The maximum absolute atomic E-state index is 11.8. The first-order valence-electron chi connectivity index (χ1n) is 6.40. The van der Waals surface area contributed by atoms with Gasteiger partial charge in [-0.3, -0.25) is 9.79 Å². The molecule has 21 heavy (non-hydrogen) atoms. The number of hydrogen-bond acceptors (Lipinski definition) is 4. The summed E-state index contributed by atoms with van der Waals surface area (Å²) in [5.74, 6) is 0.266. The monoisotopic (exact) mass is 317 g/mol. The van der Waals surface area contributed by atoms with E-state index >= 15 is 0 Å². The van der Waals surface area contributed by atoms with Gasteiger partial charge in [-0.25, -0.2) is 9.36 Å². The molecule has 0 aliphatic carbocycles. The summed E-state index contributed by atoms with van der Waals surface area (Å²) in [5, 5.41) is 0. The smallest absolute Gasteiger partial charge is 0.449 e. The van der Waals surface area contributed by atoms with Gasteiger partial charge in [0.1, 0.15) is 5.75 Å². The number of phosphoric ester groups is 1. The van der Waals surface area contributed by atoms with Crippen LogP contribution in [0.1, 0.15) is 19.4 Å². The molecule has 1 rings (SSSR count). The van der Waals surface area contributed by atoms with Gasteiger partial charge in [0.2, 0.25) is 0 Å². The minimum absolute atomic E-state index is 0.0364. The molecule has 0 saturated carbocycles. The van der Waals surface area contributed by atoms with Gasteiger partial charge in [-0.05, 0) is 12.0 Å². The van der Waals surface area contributed by atoms with Gasteiger partial charge in [0, 0.05) is 12.6 Å². The van der Waals surface area contributed by atoms with E-state index < -0.39 is 13.9 Å². The molecule has 0 aliphatic heterocycles. The van der Waals surface area contributed by atoms with Crippen LogP contribution in [-0.4, -0.2) is 34.4 Å². The molecule has 0 heterocycles. The molecule has 0 unspecified atom stereocenters. The van der Waals surface area contributed by atoms with Crippen LogP contribution in [0, 0.1) is 5.92 Å². The van der Waals surface area contributed by atoms with E-state index in [1.807, 2.05) is 13.8 Å². The number of para-hydroxylation sites is 1. The van der Waals surface area contributed by atoms with Gasteiger partial charge >= 0.3 is 13.9 Å². The number of rotatable bonds is 6. The van der Waals surface area contributed by atoms with E-state index in [0.29, 0.717) is 12.2 Å². The SMILES string of the molecule is CC(C)COC(=O)N(C)Cc1ccccc1OP(=O)(O)O. The van der Waals surface area contributed by atoms with Gasteiger partial charge in [-0.15, -0.1) is 0 Å². The predicted molar refractivity (Wildman–Crippen MR) is 76.8 cm³/mol. The van der Waals surface area contributed by atoms with Gasteiger partial charge in [0.15, 0.2) is 0 Å². The minimum atomic E-state index is -4.64. The third kappa shape index (κ3) is 6.62. The van der Waals surface area contributed by atoms with Crippen LogP contribution in [0.3, 0.4) is 0 Å². The second-order valence-electron chi connectivity index (χ2n) is 5.02. The number of carbonyl (C=O) groups excluding carboxylic acids is 1. The average molecular weight is 317 g/mol. The van der Waals surface area contributed by atoms with Gasteiger partial charge in [0.25, 0.3) is 0 Å². The summed E-state index contributed by atoms with van der Waals surface area (Å²) in [6.45, 7) is 4.28. The number of phosphoric acid groups is 1. The Kier molecular flexibility index (Phi) is 6.20. The fourth-order valence-corrected chi connectivity index (χ4v) is 1.95. The van der Waals surface area contributed by atoms with Gasteiger partial charge in [-0.2, -0.15) is 0 Å². The Morgan fingerprint density at radius 1 is 1.33 bits per heavy atom. The highest BCUT2D eigenvalue weighted by Gasteiger charge is 2.20. The molecule has 7 nitrogen and oxygen atoms in total. The molecule has 0 atom stereocenters. The summed E-state index contributed by atoms with van der Waals surface area (Å²) in [6, 6.07) is 6.33. The lowest BCUT2D eigenvalue weighted by Crippen LogP contribution is -2.28.